The predicted molar refractivity (Wildman–Crippen MR) is 56.8 cm³/mol. The van der Waals surface area contributed by atoms with Crippen molar-refractivity contribution in [2.24, 2.45) is 0 Å². The van der Waals surface area contributed by atoms with Crippen LogP contribution in [0.4, 0.5) is 5.82 Å². The van der Waals surface area contributed by atoms with Gasteiger partial charge in [-0.2, -0.15) is 10.1 Å². The second-order valence-corrected chi connectivity index (χ2v) is 3.57. The average molecular weight is 230 g/mol. The minimum Gasteiger partial charge on any atom is -0.349 e. The van der Waals surface area contributed by atoms with E-state index in [-0.39, 0.29) is 17.7 Å². The van der Waals surface area contributed by atoms with Crippen LogP contribution in [0.2, 0.25) is 5.28 Å². The first-order valence-electron chi connectivity index (χ1n) is 4.27. The SMILES string of the molecule is CN(C)C(=O)CN(C)c1cnnc(Cl)n1. The van der Waals surface area contributed by atoms with Crippen LogP contribution in [-0.4, -0.2) is 53.7 Å². The summed E-state index contributed by atoms with van der Waals surface area (Å²) in [6.07, 6.45) is 1.45. The Labute approximate surface area is 92.9 Å². The van der Waals surface area contributed by atoms with Gasteiger partial charge in [0.15, 0.2) is 5.82 Å². The maximum Gasteiger partial charge on any atom is 0.244 e. The van der Waals surface area contributed by atoms with Crippen molar-refractivity contribution in [2.75, 3.05) is 32.6 Å². The number of aromatic nitrogens is 3. The number of nitrogens with zero attached hydrogens (tertiary/aromatic N) is 5. The fourth-order valence-electron chi connectivity index (χ4n) is 0.883. The number of anilines is 1. The molecule has 0 radical (unpaired) electrons. The minimum atomic E-state index is -0.0211. The van der Waals surface area contributed by atoms with E-state index in [0.29, 0.717) is 5.82 Å². The highest BCUT2D eigenvalue weighted by Gasteiger charge is 2.10. The van der Waals surface area contributed by atoms with E-state index in [1.54, 1.807) is 26.0 Å². The second kappa shape index (κ2) is 4.88. The molecule has 7 heteroatoms. The molecule has 0 unspecified atom stereocenters. The molecule has 1 heterocycles. The fraction of sp³-hybridized carbons (Fsp3) is 0.500. The summed E-state index contributed by atoms with van der Waals surface area (Å²) in [7, 11) is 5.13. The van der Waals surface area contributed by atoms with Crippen LogP contribution in [0.1, 0.15) is 0 Å². The molecule has 0 aliphatic heterocycles. The summed E-state index contributed by atoms with van der Waals surface area (Å²) >= 11 is 5.58. The molecule has 1 amide bonds. The maximum atomic E-state index is 11.4. The Morgan fingerprint density at radius 3 is 2.67 bits per heavy atom. The lowest BCUT2D eigenvalue weighted by Crippen LogP contribution is -2.34. The number of halogens is 1. The Morgan fingerprint density at radius 2 is 2.13 bits per heavy atom. The Balaban J connectivity index is 2.69. The van der Waals surface area contributed by atoms with Gasteiger partial charge in [0.05, 0.1) is 12.7 Å². The molecule has 0 atom stereocenters. The number of likely N-dealkylation sites (N-methyl/N-ethyl adjacent to an activating group) is 2. The van der Waals surface area contributed by atoms with Gasteiger partial charge in [-0.25, -0.2) is 0 Å². The van der Waals surface area contributed by atoms with Crippen molar-refractivity contribution >= 4 is 23.3 Å². The standard InChI is InChI=1S/C8H12ClN5O/c1-13(2)7(15)5-14(3)6-4-10-12-8(9)11-6/h4H,5H2,1-3H3. The van der Waals surface area contributed by atoms with Crippen molar-refractivity contribution in [2.45, 2.75) is 0 Å². The molecule has 0 saturated heterocycles. The lowest BCUT2D eigenvalue weighted by atomic mass is 10.5. The van der Waals surface area contributed by atoms with Crippen LogP contribution < -0.4 is 4.90 Å². The molecular weight excluding hydrogens is 218 g/mol. The van der Waals surface area contributed by atoms with E-state index >= 15 is 0 Å². The monoisotopic (exact) mass is 229 g/mol. The molecule has 1 aromatic rings. The van der Waals surface area contributed by atoms with Crippen molar-refractivity contribution in [3.05, 3.63) is 11.5 Å². The normalized spacial score (nSPS) is 9.87. The third-order valence-corrected chi connectivity index (χ3v) is 1.94. The summed E-state index contributed by atoms with van der Waals surface area (Å²) in [6, 6.07) is 0. The summed E-state index contributed by atoms with van der Waals surface area (Å²) in [6.45, 7) is 0.224. The first-order valence-corrected chi connectivity index (χ1v) is 4.65. The third kappa shape index (κ3) is 3.32. The van der Waals surface area contributed by atoms with Gasteiger partial charge >= 0.3 is 0 Å². The van der Waals surface area contributed by atoms with Gasteiger partial charge in [0.1, 0.15) is 0 Å². The Morgan fingerprint density at radius 1 is 1.47 bits per heavy atom. The molecule has 15 heavy (non-hydrogen) atoms. The smallest absolute Gasteiger partial charge is 0.244 e. The second-order valence-electron chi connectivity index (χ2n) is 3.23. The van der Waals surface area contributed by atoms with Crippen LogP contribution in [0.25, 0.3) is 0 Å². The number of rotatable bonds is 3. The zero-order valence-electron chi connectivity index (χ0n) is 8.81. The van der Waals surface area contributed by atoms with E-state index in [9.17, 15) is 4.79 Å². The van der Waals surface area contributed by atoms with Crippen LogP contribution in [0.15, 0.2) is 6.20 Å². The maximum absolute atomic E-state index is 11.4. The summed E-state index contributed by atoms with van der Waals surface area (Å²) in [5, 5.41) is 7.23. The number of hydrogen-bond acceptors (Lipinski definition) is 5. The van der Waals surface area contributed by atoms with Gasteiger partial charge in [0, 0.05) is 21.1 Å². The van der Waals surface area contributed by atoms with Gasteiger partial charge < -0.3 is 9.80 Å². The van der Waals surface area contributed by atoms with Gasteiger partial charge in [0.2, 0.25) is 11.2 Å². The van der Waals surface area contributed by atoms with Crippen LogP contribution in [0.5, 0.6) is 0 Å². The molecule has 0 bridgehead atoms. The van der Waals surface area contributed by atoms with Crippen molar-refractivity contribution in [3.8, 4) is 0 Å². The highest BCUT2D eigenvalue weighted by Crippen LogP contribution is 2.08. The van der Waals surface area contributed by atoms with Crippen LogP contribution in [-0.2, 0) is 4.79 Å². The van der Waals surface area contributed by atoms with Crippen molar-refractivity contribution < 1.29 is 4.79 Å². The van der Waals surface area contributed by atoms with Crippen molar-refractivity contribution in [3.63, 3.8) is 0 Å². The predicted octanol–water partition coefficient (Wildman–Crippen LogP) is 0.0494. The number of hydrogen-bond donors (Lipinski definition) is 0. The fourth-order valence-corrected chi connectivity index (χ4v) is 1.01. The van der Waals surface area contributed by atoms with E-state index in [0.717, 1.165) is 0 Å². The quantitative estimate of drug-likeness (QED) is 0.733. The van der Waals surface area contributed by atoms with Gasteiger partial charge in [-0.15, -0.1) is 5.10 Å². The molecule has 1 rings (SSSR count). The molecule has 1 aromatic heterocycles. The topological polar surface area (TPSA) is 62.2 Å². The third-order valence-electron chi connectivity index (χ3n) is 1.78. The molecule has 0 N–H and O–H groups in total. The van der Waals surface area contributed by atoms with Crippen LogP contribution in [0.3, 0.4) is 0 Å². The van der Waals surface area contributed by atoms with Gasteiger partial charge in [0.25, 0.3) is 0 Å². The Bertz CT molecular complexity index is 357. The molecule has 0 fully saturated rings. The molecular formula is C8H12ClN5O. The molecule has 0 aromatic carbocycles. The molecule has 6 nitrogen and oxygen atoms in total. The van der Waals surface area contributed by atoms with Gasteiger partial charge in [-0.1, -0.05) is 0 Å². The largest absolute Gasteiger partial charge is 0.349 e. The molecule has 0 spiro atoms. The minimum absolute atomic E-state index is 0.0211. The Kier molecular flexibility index (Phi) is 3.79. The first-order chi connectivity index (χ1) is 7.00. The van der Waals surface area contributed by atoms with E-state index in [4.69, 9.17) is 11.6 Å². The highest BCUT2D eigenvalue weighted by molar-refractivity contribution is 6.28. The van der Waals surface area contributed by atoms with Gasteiger partial charge in [-0.3, -0.25) is 4.79 Å². The molecule has 0 aliphatic rings. The lowest BCUT2D eigenvalue weighted by Gasteiger charge is -2.19. The summed E-state index contributed by atoms with van der Waals surface area (Å²) in [5.74, 6) is 0.498. The molecule has 82 valence electrons. The number of amides is 1. The number of carbonyl (C=O) groups is 1. The molecule has 0 aliphatic carbocycles. The van der Waals surface area contributed by atoms with E-state index < -0.39 is 0 Å². The Hall–Kier alpha value is -1.43. The average Bonchev–Trinajstić information content (AvgIpc) is 2.17. The van der Waals surface area contributed by atoms with Gasteiger partial charge in [-0.05, 0) is 11.6 Å². The van der Waals surface area contributed by atoms with Crippen molar-refractivity contribution in [1.82, 2.24) is 20.1 Å². The van der Waals surface area contributed by atoms with E-state index in [1.165, 1.54) is 11.1 Å². The first kappa shape index (κ1) is 11.6. The van der Waals surface area contributed by atoms with E-state index in [2.05, 4.69) is 15.2 Å². The summed E-state index contributed by atoms with van der Waals surface area (Å²) < 4.78 is 0. The highest BCUT2D eigenvalue weighted by atomic mass is 35.5. The summed E-state index contributed by atoms with van der Waals surface area (Å²) in [4.78, 5) is 18.5. The zero-order valence-corrected chi connectivity index (χ0v) is 9.56. The van der Waals surface area contributed by atoms with Crippen molar-refractivity contribution in [1.29, 1.82) is 0 Å². The van der Waals surface area contributed by atoms with E-state index in [1.807, 2.05) is 0 Å². The summed E-state index contributed by atoms with van der Waals surface area (Å²) in [5.41, 5.74) is 0. The zero-order chi connectivity index (χ0) is 11.4. The van der Waals surface area contributed by atoms with Crippen LogP contribution >= 0.6 is 11.6 Å². The number of carbonyl (C=O) groups excluding carboxylic acids is 1. The lowest BCUT2D eigenvalue weighted by molar-refractivity contribution is -0.127. The van der Waals surface area contributed by atoms with Crippen LogP contribution in [0, 0.1) is 0 Å². The molecule has 0 saturated carbocycles.